The molecule has 0 fully saturated rings. The molecule has 1 unspecified atom stereocenters. The van der Waals surface area contributed by atoms with Gasteiger partial charge in [0.1, 0.15) is 6.04 Å². The highest BCUT2D eigenvalue weighted by molar-refractivity contribution is 6.04. The van der Waals surface area contributed by atoms with Crippen LogP contribution in [-0.4, -0.2) is 36.9 Å². The Hall–Kier alpha value is -1.84. The second-order valence-electron chi connectivity index (χ2n) is 3.73. The van der Waals surface area contributed by atoms with Gasteiger partial charge in [-0.2, -0.15) is 5.10 Å². The highest BCUT2D eigenvalue weighted by Gasteiger charge is 2.31. The zero-order chi connectivity index (χ0) is 11.5. The van der Waals surface area contributed by atoms with E-state index in [-0.39, 0.29) is 12.0 Å². The number of methoxy groups -OCH3 is 1. The van der Waals surface area contributed by atoms with Crippen molar-refractivity contribution in [2.24, 2.45) is 5.10 Å². The maximum Gasteiger partial charge on any atom is 0.330 e. The van der Waals surface area contributed by atoms with Crippen molar-refractivity contribution in [1.82, 2.24) is 5.01 Å². The van der Waals surface area contributed by atoms with Crippen molar-refractivity contribution >= 4 is 11.7 Å². The maximum absolute atomic E-state index is 11.5. The zero-order valence-corrected chi connectivity index (χ0v) is 9.38. The molecule has 0 radical (unpaired) electrons. The van der Waals surface area contributed by atoms with Crippen LogP contribution in [0.1, 0.15) is 12.0 Å². The van der Waals surface area contributed by atoms with Gasteiger partial charge >= 0.3 is 5.97 Å². The monoisotopic (exact) mass is 218 g/mol. The molecule has 0 saturated carbocycles. The van der Waals surface area contributed by atoms with Gasteiger partial charge in [-0.05, 0) is 5.56 Å². The molecule has 2 rings (SSSR count). The lowest BCUT2D eigenvalue weighted by molar-refractivity contribution is -0.145. The number of likely N-dealkylation sites (N-methyl/N-ethyl adjacent to an activating group) is 1. The molecule has 0 N–H and O–H groups in total. The SMILES string of the molecule is COC(=O)C1CC(c2ccccc2)=NN1C. The Labute approximate surface area is 94.5 Å². The Morgan fingerprint density at radius 3 is 2.75 bits per heavy atom. The van der Waals surface area contributed by atoms with Crippen molar-refractivity contribution in [3.63, 3.8) is 0 Å². The number of esters is 1. The number of ether oxygens (including phenoxy) is 1. The van der Waals surface area contributed by atoms with Crippen molar-refractivity contribution in [2.45, 2.75) is 12.5 Å². The molecule has 16 heavy (non-hydrogen) atoms. The summed E-state index contributed by atoms with van der Waals surface area (Å²) < 4.78 is 4.73. The van der Waals surface area contributed by atoms with Crippen LogP contribution in [0.4, 0.5) is 0 Å². The van der Waals surface area contributed by atoms with Crippen LogP contribution in [0, 0.1) is 0 Å². The lowest BCUT2D eigenvalue weighted by atomic mass is 10.0. The molecule has 1 aliphatic heterocycles. The summed E-state index contributed by atoms with van der Waals surface area (Å²) in [5, 5.41) is 6.02. The van der Waals surface area contributed by atoms with E-state index in [4.69, 9.17) is 4.74 Å². The summed E-state index contributed by atoms with van der Waals surface area (Å²) in [4.78, 5) is 11.5. The highest BCUT2D eigenvalue weighted by atomic mass is 16.5. The van der Waals surface area contributed by atoms with Gasteiger partial charge in [0.25, 0.3) is 0 Å². The molecular formula is C12H14N2O2. The van der Waals surface area contributed by atoms with E-state index in [1.165, 1.54) is 7.11 Å². The topological polar surface area (TPSA) is 41.9 Å². The quantitative estimate of drug-likeness (QED) is 0.702. The van der Waals surface area contributed by atoms with E-state index < -0.39 is 0 Å². The molecule has 0 bridgehead atoms. The molecule has 0 amide bonds. The van der Waals surface area contributed by atoms with Crippen molar-refractivity contribution < 1.29 is 9.53 Å². The normalized spacial score (nSPS) is 19.5. The predicted octanol–water partition coefficient (Wildman–Crippen LogP) is 1.27. The summed E-state index contributed by atoms with van der Waals surface area (Å²) in [6.45, 7) is 0. The summed E-state index contributed by atoms with van der Waals surface area (Å²) in [6.07, 6.45) is 0.604. The van der Waals surface area contributed by atoms with E-state index in [1.54, 1.807) is 12.1 Å². The van der Waals surface area contributed by atoms with E-state index >= 15 is 0 Å². The molecule has 0 spiro atoms. The van der Waals surface area contributed by atoms with Gasteiger partial charge in [-0.25, -0.2) is 4.79 Å². The average Bonchev–Trinajstić information content (AvgIpc) is 2.71. The summed E-state index contributed by atoms with van der Waals surface area (Å²) in [5.74, 6) is -0.239. The minimum Gasteiger partial charge on any atom is -0.467 e. The average molecular weight is 218 g/mol. The number of hydrogen-bond acceptors (Lipinski definition) is 4. The Balaban J connectivity index is 2.17. The van der Waals surface area contributed by atoms with E-state index in [0.29, 0.717) is 6.42 Å². The van der Waals surface area contributed by atoms with Gasteiger partial charge in [-0.3, -0.25) is 5.01 Å². The molecule has 4 heteroatoms. The van der Waals surface area contributed by atoms with Gasteiger partial charge in [0.2, 0.25) is 0 Å². The van der Waals surface area contributed by atoms with Crippen LogP contribution in [0.15, 0.2) is 35.4 Å². The molecule has 1 aromatic carbocycles. The summed E-state index contributed by atoms with van der Waals surface area (Å²) in [6, 6.07) is 9.58. The number of rotatable bonds is 2. The number of hydrogen-bond donors (Lipinski definition) is 0. The molecule has 1 aromatic rings. The first-order valence-electron chi connectivity index (χ1n) is 5.16. The fraction of sp³-hybridized carbons (Fsp3) is 0.333. The smallest absolute Gasteiger partial charge is 0.330 e. The molecule has 0 aliphatic carbocycles. The van der Waals surface area contributed by atoms with E-state index in [0.717, 1.165) is 11.3 Å². The first-order valence-corrected chi connectivity index (χ1v) is 5.16. The van der Waals surface area contributed by atoms with Crippen LogP contribution < -0.4 is 0 Å². The van der Waals surface area contributed by atoms with E-state index in [9.17, 15) is 4.79 Å². The van der Waals surface area contributed by atoms with Crippen LogP contribution in [0.25, 0.3) is 0 Å². The molecular weight excluding hydrogens is 204 g/mol. The number of benzene rings is 1. The summed E-state index contributed by atoms with van der Waals surface area (Å²) in [7, 11) is 3.19. The third kappa shape index (κ3) is 1.91. The van der Waals surface area contributed by atoms with Gasteiger partial charge < -0.3 is 4.74 Å². The van der Waals surface area contributed by atoms with E-state index in [2.05, 4.69) is 5.10 Å². The van der Waals surface area contributed by atoms with Crippen LogP contribution in [0.3, 0.4) is 0 Å². The number of hydrazone groups is 1. The highest BCUT2D eigenvalue weighted by Crippen LogP contribution is 2.19. The fourth-order valence-corrected chi connectivity index (χ4v) is 1.79. The number of carbonyl (C=O) groups is 1. The van der Waals surface area contributed by atoms with Crippen molar-refractivity contribution in [2.75, 3.05) is 14.2 Å². The largest absolute Gasteiger partial charge is 0.467 e. The van der Waals surface area contributed by atoms with Gasteiger partial charge in [0.05, 0.1) is 12.8 Å². The number of carbonyl (C=O) groups excluding carboxylic acids is 1. The zero-order valence-electron chi connectivity index (χ0n) is 9.38. The van der Waals surface area contributed by atoms with Gasteiger partial charge in [0.15, 0.2) is 0 Å². The first kappa shape index (κ1) is 10.7. The third-order valence-electron chi connectivity index (χ3n) is 2.70. The Bertz CT molecular complexity index is 414. The van der Waals surface area contributed by atoms with Crippen molar-refractivity contribution in [1.29, 1.82) is 0 Å². The standard InChI is InChI=1S/C12H14N2O2/c1-14-11(12(15)16-2)8-10(13-14)9-6-4-3-5-7-9/h3-7,11H,8H2,1-2H3. The molecule has 84 valence electrons. The van der Waals surface area contributed by atoms with Gasteiger partial charge in [-0.1, -0.05) is 30.3 Å². The van der Waals surface area contributed by atoms with E-state index in [1.807, 2.05) is 30.3 Å². The summed E-state index contributed by atoms with van der Waals surface area (Å²) in [5.41, 5.74) is 1.99. The van der Waals surface area contributed by atoms with Crippen molar-refractivity contribution in [3.8, 4) is 0 Å². The maximum atomic E-state index is 11.5. The van der Waals surface area contributed by atoms with Gasteiger partial charge in [-0.15, -0.1) is 0 Å². The molecule has 1 aliphatic rings. The second-order valence-corrected chi connectivity index (χ2v) is 3.73. The Morgan fingerprint density at radius 1 is 1.44 bits per heavy atom. The molecule has 1 heterocycles. The fourth-order valence-electron chi connectivity index (χ4n) is 1.79. The molecule has 1 atom stereocenters. The minimum atomic E-state index is -0.291. The first-order chi connectivity index (χ1) is 7.72. The molecule has 4 nitrogen and oxygen atoms in total. The Morgan fingerprint density at radius 2 is 2.12 bits per heavy atom. The van der Waals surface area contributed by atoms with Crippen LogP contribution in [0.5, 0.6) is 0 Å². The predicted molar refractivity (Wildman–Crippen MR) is 61.2 cm³/mol. The van der Waals surface area contributed by atoms with Crippen LogP contribution in [-0.2, 0) is 9.53 Å². The molecule has 0 aromatic heterocycles. The van der Waals surface area contributed by atoms with Gasteiger partial charge in [0, 0.05) is 13.5 Å². The second kappa shape index (κ2) is 4.35. The third-order valence-corrected chi connectivity index (χ3v) is 2.70. The lowest BCUT2D eigenvalue weighted by Gasteiger charge is -2.15. The molecule has 0 saturated heterocycles. The number of nitrogens with zero attached hydrogens (tertiary/aromatic N) is 2. The Kier molecular flexibility index (Phi) is 2.90. The van der Waals surface area contributed by atoms with Crippen molar-refractivity contribution in [3.05, 3.63) is 35.9 Å². The lowest BCUT2D eigenvalue weighted by Crippen LogP contribution is -2.32. The minimum absolute atomic E-state index is 0.239. The van der Waals surface area contributed by atoms with Crippen LogP contribution >= 0.6 is 0 Å². The van der Waals surface area contributed by atoms with Crippen LogP contribution in [0.2, 0.25) is 0 Å². The summed E-state index contributed by atoms with van der Waals surface area (Å²) >= 11 is 0.